The van der Waals surface area contributed by atoms with Crippen molar-refractivity contribution in [3.05, 3.63) is 48.3 Å². The van der Waals surface area contributed by atoms with Crippen molar-refractivity contribution in [1.82, 2.24) is 19.4 Å². The summed E-state index contributed by atoms with van der Waals surface area (Å²) < 4.78 is 7.75. The van der Waals surface area contributed by atoms with Crippen LogP contribution in [0.15, 0.2) is 36.9 Å². The van der Waals surface area contributed by atoms with Crippen molar-refractivity contribution in [1.29, 1.82) is 0 Å². The van der Waals surface area contributed by atoms with Gasteiger partial charge in [0.05, 0.1) is 6.54 Å². The molecule has 4 rings (SSSR count). The first-order valence-corrected chi connectivity index (χ1v) is 9.11. The second-order valence-electron chi connectivity index (χ2n) is 6.88. The summed E-state index contributed by atoms with van der Waals surface area (Å²) in [6.07, 6.45) is 11.2. The summed E-state index contributed by atoms with van der Waals surface area (Å²) in [4.78, 5) is 23.2. The molecule has 0 N–H and O–H groups in total. The maximum absolute atomic E-state index is 12.5. The highest BCUT2D eigenvalue weighted by atomic mass is 16.5. The van der Waals surface area contributed by atoms with Gasteiger partial charge >= 0.3 is 0 Å². The molecule has 0 aromatic carbocycles. The monoisotopic (exact) mass is 340 g/mol. The number of carbonyl (C=O) groups is 1. The van der Waals surface area contributed by atoms with Crippen molar-refractivity contribution in [2.75, 3.05) is 19.7 Å². The van der Waals surface area contributed by atoms with Crippen molar-refractivity contribution in [3.63, 3.8) is 0 Å². The van der Waals surface area contributed by atoms with E-state index in [4.69, 9.17) is 4.74 Å². The van der Waals surface area contributed by atoms with Crippen LogP contribution in [0.5, 0.6) is 0 Å². The largest absolute Gasteiger partial charge is 0.368 e. The lowest BCUT2D eigenvalue weighted by Crippen LogP contribution is -2.43. The molecule has 2 aliphatic heterocycles. The number of likely N-dealkylation sites (tertiary alicyclic amines) is 1. The average molecular weight is 340 g/mol. The van der Waals surface area contributed by atoms with Gasteiger partial charge in [0.25, 0.3) is 5.91 Å². The molecule has 2 aliphatic rings. The van der Waals surface area contributed by atoms with Gasteiger partial charge in [-0.25, -0.2) is 4.98 Å². The Morgan fingerprint density at radius 2 is 2.12 bits per heavy atom. The Kier molecular flexibility index (Phi) is 4.78. The van der Waals surface area contributed by atoms with E-state index in [9.17, 15) is 4.79 Å². The number of piperidine rings is 1. The Morgan fingerprint density at radius 3 is 2.84 bits per heavy atom. The number of amides is 1. The van der Waals surface area contributed by atoms with Crippen LogP contribution in [0.2, 0.25) is 0 Å². The summed E-state index contributed by atoms with van der Waals surface area (Å²) in [5.74, 6) is 1.70. The zero-order valence-electron chi connectivity index (χ0n) is 14.4. The predicted molar refractivity (Wildman–Crippen MR) is 93.1 cm³/mol. The Labute approximate surface area is 147 Å². The average Bonchev–Trinajstić information content (AvgIpc) is 3.34. The number of aromatic nitrogens is 3. The van der Waals surface area contributed by atoms with Crippen molar-refractivity contribution in [2.24, 2.45) is 0 Å². The molecule has 2 fully saturated rings. The highest BCUT2D eigenvalue weighted by Crippen LogP contribution is 2.28. The van der Waals surface area contributed by atoms with Gasteiger partial charge in [-0.15, -0.1) is 0 Å². The van der Waals surface area contributed by atoms with Gasteiger partial charge in [0, 0.05) is 50.4 Å². The molecule has 2 aromatic heterocycles. The summed E-state index contributed by atoms with van der Waals surface area (Å²) in [6, 6.07) is 4.04. The van der Waals surface area contributed by atoms with Gasteiger partial charge in [-0.1, -0.05) is 6.07 Å². The molecule has 4 heterocycles. The number of hydrogen-bond donors (Lipinski definition) is 0. The molecular formula is C19H24N4O2. The highest BCUT2D eigenvalue weighted by Gasteiger charge is 2.32. The molecule has 2 saturated heterocycles. The third-order valence-corrected chi connectivity index (χ3v) is 5.20. The zero-order chi connectivity index (χ0) is 17.1. The number of pyridine rings is 1. The smallest absolute Gasteiger partial charge is 0.251 e. The number of rotatable bonds is 4. The minimum absolute atomic E-state index is 0.176. The first kappa shape index (κ1) is 16.3. The molecule has 0 unspecified atom stereocenters. The molecule has 0 bridgehead atoms. The topological polar surface area (TPSA) is 60.2 Å². The van der Waals surface area contributed by atoms with Crippen molar-refractivity contribution in [2.45, 2.75) is 44.2 Å². The van der Waals surface area contributed by atoms with Gasteiger partial charge in [0.2, 0.25) is 0 Å². The van der Waals surface area contributed by atoms with E-state index in [0.29, 0.717) is 5.92 Å². The van der Waals surface area contributed by atoms with Crippen LogP contribution in [0.25, 0.3) is 0 Å². The van der Waals surface area contributed by atoms with Gasteiger partial charge in [-0.3, -0.25) is 9.78 Å². The van der Waals surface area contributed by atoms with E-state index in [1.807, 2.05) is 29.6 Å². The number of imidazole rings is 1. The quantitative estimate of drug-likeness (QED) is 0.856. The molecule has 1 atom stereocenters. The summed E-state index contributed by atoms with van der Waals surface area (Å²) in [5, 5.41) is 0. The molecule has 0 radical (unpaired) electrons. The van der Waals surface area contributed by atoms with E-state index >= 15 is 0 Å². The minimum Gasteiger partial charge on any atom is -0.368 e. The fourth-order valence-corrected chi connectivity index (χ4v) is 3.84. The van der Waals surface area contributed by atoms with Gasteiger partial charge in [-0.2, -0.15) is 0 Å². The van der Waals surface area contributed by atoms with Crippen LogP contribution in [-0.4, -0.2) is 51.1 Å². The molecule has 132 valence electrons. The van der Waals surface area contributed by atoms with E-state index in [1.165, 1.54) is 5.56 Å². The number of ether oxygens (including phenoxy) is 1. The minimum atomic E-state index is -0.205. The van der Waals surface area contributed by atoms with E-state index in [-0.39, 0.29) is 12.0 Å². The molecule has 0 spiro atoms. The lowest BCUT2D eigenvalue weighted by Gasteiger charge is -2.33. The second-order valence-corrected chi connectivity index (χ2v) is 6.88. The fourth-order valence-electron chi connectivity index (χ4n) is 3.84. The third-order valence-electron chi connectivity index (χ3n) is 5.20. The first-order valence-electron chi connectivity index (χ1n) is 9.11. The Morgan fingerprint density at radius 1 is 1.24 bits per heavy atom. The number of carbonyl (C=O) groups excluding carboxylic acids is 1. The van der Waals surface area contributed by atoms with E-state index in [0.717, 1.165) is 57.7 Å². The van der Waals surface area contributed by atoms with Crippen LogP contribution in [0.3, 0.4) is 0 Å². The van der Waals surface area contributed by atoms with E-state index in [2.05, 4.69) is 20.6 Å². The number of hydrogen-bond acceptors (Lipinski definition) is 4. The normalized spacial score (nSPS) is 21.6. The van der Waals surface area contributed by atoms with Crippen LogP contribution in [0.1, 0.15) is 43.0 Å². The molecule has 0 aliphatic carbocycles. The predicted octanol–water partition coefficient (Wildman–Crippen LogP) is 2.21. The molecule has 6 nitrogen and oxygen atoms in total. The Balaban J connectivity index is 1.38. The summed E-state index contributed by atoms with van der Waals surface area (Å²) in [5.41, 5.74) is 1.17. The lowest BCUT2D eigenvalue weighted by atomic mass is 9.95. The lowest BCUT2D eigenvalue weighted by molar-refractivity contribution is -0.142. The SMILES string of the molecule is O=C([C@H]1CCCO1)N1CCC(c2nccn2Cc2cccnc2)CC1. The highest BCUT2D eigenvalue weighted by molar-refractivity contribution is 5.81. The summed E-state index contributed by atoms with van der Waals surface area (Å²) in [7, 11) is 0. The van der Waals surface area contributed by atoms with Gasteiger partial charge in [-0.05, 0) is 37.3 Å². The van der Waals surface area contributed by atoms with Gasteiger partial charge in [0.1, 0.15) is 11.9 Å². The van der Waals surface area contributed by atoms with Crippen molar-refractivity contribution >= 4 is 5.91 Å². The molecule has 6 heteroatoms. The van der Waals surface area contributed by atoms with Gasteiger partial charge in [0.15, 0.2) is 0 Å². The maximum atomic E-state index is 12.5. The van der Waals surface area contributed by atoms with Crippen LogP contribution in [0.4, 0.5) is 0 Å². The molecule has 2 aromatic rings. The van der Waals surface area contributed by atoms with Crippen LogP contribution in [-0.2, 0) is 16.1 Å². The molecule has 0 saturated carbocycles. The van der Waals surface area contributed by atoms with Crippen LogP contribution in [0, 0.1) is 0 Å². The fraction of sp³-hybridized carbons (Fsp3) is 0.526. The van der Waals surface area contributed by atoms with Crippen molar-refractivity contribution in [3.8, 4) is 0 Å². The number of nitrogens with zero attached hydrogens (tertiary/aromatic N) is 4. The van der Waals surface area contributed by atoms with Crippen molar-refractivity contribution < 1.29 is 9.53 Å². The Hall–Kier alpha value is -2.21. The van der Waals surface area contributed by atoms with Crippen LogP contribution < -0.4 is 0 Å². The zero-order valence-corrected chi connectivity index (χ0v) is 14.4. The summed E-state index contributed by atoms with van der Waals surface area (Å²) >= 11 is 0. The third kappa shape index (κ3) is 3.58. The van der Waals surface area contributed by atoms with E-state index in [1.54, 1.807) is 6.20 Å². The molecule has 25 heavy (non-hydrogen) atoms. The van der Waals surface area contributed by atoms with Gasteiger partial charge < -0.3 is 14.2 Å². The standard InChI is InChI=1S/C19H24N4O2/c24-19(17-4-2-12-25-17)22-9-5-16(6-10-22)18-21-8-11-23(18)14-15-3-1-7-20-13-15/h1,3,7-8,11,13,16-17H,2,4-6,9-10,12,14H2/t17-/m1/s1. The molecular weight excluding hydrogens is 316 g/mol. The Bertz CT molecular complexity index is 701. The molecule has 1 amide bonds. The summed E-state index contributed by atoms with van der Waals surface area (Å²) in [6.45, 7) is 3.10. The van der Waals surface area contributed by atoms with E-state index < -0.39 is 0 Å². The first-order chi connectivity index (χ1) is 12.3. The maximum Gasteiger partial charge on any atom is 0.251 e. The second kappa shape index (κ2) is 7.35. The van der Waals surface area contributed by atoms with Crippen LogP contribution >= 0.6 is 0 Å².